The molecule has 0 aromatic heterocycles. The number of nitrogens with zero attached hydrogens (tertiary/aromatic N) is 1. The van der Waals surface area contributed by atoms with Crippen molar-refractivity contribution in [1.29, 1.82) is 0 Å². The smallest absolute Gasteiger partial charge is 0.293 e. The molecule has 0 amide bonds. The van der Waals surface area contributed by atoms with E-state index in [-0.39, 0.29) is 12.1 Å². The number of anilines is 1. The van der Waals surface area contributed by atoms with Gasteiger partial charge in [-0.05, 0) is 34.7 Å². The maximum atomic E-state index is 13.4. The third kappa shape index (κ3) is 1.31. The van der Waals surface area contributed by atoms with Crippen molar-refractivity contribution in [3.8, 4) is 0 Å². The highest BCUT2D eigenvalue weighted by molar-refractivity contribution is 14.1. The first-order chi connectivity index (χ1) is 6.02. The molecule has 4 heteroatoms. The van der Waals surface area contributed by atoms with Gasteiger partial charge in [0.05, 0.1) is 12.1 Å². The number of benzene rings is 1. The van der Waals surface area contributed by atoms with Gasteiger partial charge < -0.3 is 4.90 Å². The number of hydrogen-bond acceptors (Lipinski definition) is 1. The molecule has 0 saturated heterocycles. The molecule has 0 fully saturated rings. The first-order valence-electron chi connectivity index (χ1n) is 3.90. The van der Waals surface area contributed by atoms with Crippen LogP contribution in [0.3, 0.4) is 0 Å². The fraction of sp³-hybridized carbons (Fsp3) is 0.333. The average molecular weight is 295 g/mol. The van der Waals surface area contributed by atoms with Crippen molar-refractivity contribution in [3.05, 3.63) is 27.3 Å². The van der Waals surface area contributed by atoms with Gasteiger partial charge in [-0.3, -0.25) is 0 Å². The second-order valence-electron chi connectivity index (χ2n) is 3.19. The van der Waals surface area contributed by atoms with Crippen LogP contribution in [-0.4, -0.2) is 13.6 Å². The molecule has 1 aliphatic rings. The number of likely N-dealkylation sites (N-methyl/N-ethyl adjacent to an activating group) is 1. The van der Waals surface area contributed by atoms with Gasteiger partial charge >= 0.3 is 0 Å². The summed E-state index contributed by atoms with van der Waals surface area (Å²) in [5, 5.41) is 0. The number of halogens is 3. The average Bonchev–Trinajstić information content (AvgIpc) is 2.24. The molecule has 70 valence electrons. The Balaban J connectivity index is 2.66. The van der Waals surface area contributed by atoms with Gasteiger partial charge in [0.25, 0.3) is 5.92 Å². The molecule has 13 heavy (non-hydrogen) atoms. The molecule has 2 rings (SSSR count). The van der Waals surface area contributed by atoms with Crippen LogP contribution >= 0.6 is 22.6 Å². The Labute approximate surface area is 88.9 Å². The molecule has 1 nitrogen and oxygen atoms in total. The summed E-state index contributed by atoms with van der Waals surface area (Å²) in [5.41, 5.74) is 0.829. The van der Waals surface area contributed by atoms with Gasteiger partial charge in [-0.15, -0.1) is 0 Å². The van der Waals surface area contributed by atoms with E-state index in [4.69, 9.17) is 0 Å². The van der Waals surface area contributed by atoms with E-state index in [1.807, 2.05) is 22.6 Å². The highest BCUT2D eigenvalue weighted by Crippen LogP contribution is 2.44. The summed E-state index contributed by atoms with van der Waals surface area (Å²) in [6, 6.07) is 5.25. The van der Waals surface area contributed by atoms with E-state index in [0.717, 1.165) is 0 Å². The fourth-order valence-corrected chi connectivity index (χ4v) is 2.53. The summed E-state index contributed by atoms with van der Waals surface area (Å²) in [6.45, 7) is -0.206. The van der Waals surface area contributed by atoms with Gasteiger partial charge in [0.1, 0.15) is 0 Å². The third-order valence-corrected chi connectivity index (χ3v) is 3.10. The molecule has 0 atom stereocenters. The summed E-state index contributed by atoms with van der Waals surface area (Å²) in [5.74, 6) is -2.69. The molecule has 0 spiro atoms. The van der Waals surface area contributed by atoms with Crippen LogP contribution in [0.1, 0.15) is 5.56 Å². The van der Waals surface area contributed by atoms with Crippen LogP contribution < -0.4 is 4.90 Å². The SMILES string of the molecule is CN1CC(F)(F)c2c(I)cccc21. The summed E-state index contributed by atoms with van der Waals surface area (Å²) >= 11 is 1.95. The Hall–Kier alpha value is -0.390. The summed E-state index contributed by atoms with van der Waals surface area (Å²) in [6.07, 6.45) is 0. The standard InChI is InChI=1S/C9H8F2IN/c1-13-5-9(10,11)8-6(12)3-2-4-7(8)13/h2-4H,5H2,1H3. The Morgan fingerprint density at radius 2 is 2.15 bits per heavy atom. The minimum Gasteiger partial charge on any atom is -0.368 e. The summed E-state index contributed by atoms with van der Waals surface area (Å²) < 4.78 is 27.4. The largest absolute Gasteiger partial charge is 0.368 e. The lowest BCUT2D eigenvalue weighted by molar-refractivity contribution is 0.0140. The lowest BCUT2D eigenvalue weighted by atomic mass is 10.1. The predicted octanol–water partition coefficient (Wildman–Crippen LogP) is 2.83. The molecular formula is C9H8F2IN. The first kappa shape index (κ1) is 9.18. The normalized spacial score (nSPS) is 18.9. The van der Waals surface area contributed by atoms with Crippen molar-refractivity contribution >= 4 is 28.3 Å². The Bertz CT molecular complexity index is 351. The Morgan fingerprint density at radius 1 is 1.46 bits per heavy atom. The third-order valence-electron chi connectivity index (χ3n) is 2.20. The maximum absolute atomic E-state index is 13.4. The zero-order valence-corrected chi connectivity index (χ0v) is 9.18. The van der Waals surface area contributed by atoms with E-state index in [9.17, 15) is 8.78 Å². The van der Waals surface area contributed by atoms with Crippen molar-refractivity contribution in [2.75, 3.05) is 18.5 Å². The zero-order valence-electron chi connectivity index (χ0n) is 7.02. The summed E-state index contributed by atoms with van der Waals surface area (Å²) in [4.78, 5) is 1.59. The van der Waals surface area contributed by atoms with Crippen LogP contribution in [0.15, 0.2) is 18.2 Å². The highest BCUT2D eigenvalue weighted by atomic mass is 127. The van der Waals surface area contributed by atoms with Crippen LogP contribution in [-0.2, 0) is 5.92 Å². The second kappa shape index (κ2) is 2.80. The topological polar surface area (TPSA) is 3.24 Å². The molecule has 0 unspecified atom stereocenters. The minimum atomic E-state index is -2.69. The van der Waals surface area contributed by atoms with Crippen molar-refractivity contribution in [3.63, 3.8) is 0 Å². The van der Waals surface area contributed by atoms with Crippen LogP contribution in [0, 0.1) is 3.57 Å². The number of alkyl halides is 2. The fourth-order valence-electron chi connectivity index (χ4n) is 1.66. The molecule has 0 radical (unpaired) electrons. The van der Waals surface area contributed by atoms with E-state index < -0.39 is 5.92 Å². The van der Waals surface area contributed by atoms with E-state index in [1.165, 1.54) is 0 Å². The van der Waals surface area contributed by atoms with Crippen LogP contribution in [0.4, 0.5) is 14.5 Å². The summed E-state index contributed by atoms with van der Waals surface area (Å²) in [7, 11) is 1.69. The van der Waals surface area contributed by atoms with E-state index in [2.05, 4.69) is 0 Å². The van der Waals surface area contributed by atoms with Crippen LogP contribution in [0.5, 0.6) is 0 Å². The minimum absolute atomic E-state index is 0.179. The maximum Gasteiger partial charge on any atom is 0.293 e. The van der Waals surface area contributed by atoms with Crippen molar-refractivity contribution in [1.82, 2.24) is 0 Å². The lowest BCUT2D eigenvalue weighted by Gasteiger charge is -2.10. The number of rotatable bonds is 0. The molecule has 1 aromatic carbocycles. The molecule has 1 aliphatic heterocycles. The van der Waals surface area contributed by atoms with Crippen molar-refractivity contribution in [2.45, 2.75) is 5.92 Å². The first-order valence-corrected chi connectivity index (χ1v) is 4.98. The quantitative estimate of drug-likeness (QED) is 0.665. The molecule has 1 aromatic rings. The monoisotopic (exact) mass is 295 g/mol. The Kier molecular flexibility index (Phi) is 1.98. The Morgan fingerprint density at radius 3 is 2.77 bits per heavy atom. The molecular weight excluding hydrogens is 287 g/mol. The molecule has 0 saturated carbocycles. The zero-order chi connectivity index (χ0) is 9.64. The van der Waals surface area contributed by atoms with Gasteiger partial charge in [0.2, 0.25) is 0 Å². The molecule has 0 N–H and O–H groups in total. The highest BCUT2D eigenvalue weighted by Gasteiger charge is 2.43. The molecule has 1 heterocycles. The van der Waals surface area contributed by atoms with Gasteiger partial charge in [-0.2, -0.15) is 8.78 Å². The molecule has 0 aliphatic carbocycles. The van der Waals surface area contributed by atoms with E-state index in [1.54, 1.807) is 30.1 Å². The van der Waals surface area contributed by atoms with E-state index >= 15 is 0 Å². The van der Waals surface area contributed by atoms with Crippen LogP contribution in [0.2, 0.25) is 0 Å². The van der Waals surface area contributed by atoms with Gasteiger partial charge in [-0.1, -0.05) is 6.07 Å². The van der Waals surface area contributed by atoms with Crippen LogP contribution in [0.25, 0.3) is 0 Å². The number of fused-ring (bicyclic) bond motifs is 1. The number of hydrogen-bond donors (Lipinski definition) is 0. The van der Waals surface area contributed by atoms with Gasteiger partial charge in [0, 0.05) is 16.3 Å². The lowest BCUT2D eigenvalue weighted by Crippen LogP contribution is -2.22. The van der Waals surface area contributed by atoms with Gasteiger partial charge in [0.15, 0.2) is 0 Å². The van der Waals surface area contributed by atoms with Crippen molar-refractivity contribution < 1.29 is 8.78 Å². The second-order valence-corrected chi connectivity index (χ2v) is 4.36. The van der Waals surface area contributed by atoms with Crippen molar-refractivity contribution in [2.24, 2.45) is 0 Å². The van der Waals surface area contributed by atoms with Gasteiger partial charge in [-0.25, -0.2) is 0 Å². The van der Waals surface area contributed by atoms with E-state index in [0.29, 0.717) is 9.26 Å². The predicted molar refractivity (Wildman–Crippen MR) is 56.3 cm³/mol. The molecule has 0 bridgehead atoms.